The van der Waals surface area contributed by atoms with E-state index in [2.05, 4.69) is 4.98 Å². The average Bonchev–Trinajstić information content (AvgIpc) is 2.53. The van der Waals surface area contributed by atoms with Crippen LogP contribution in [0.4, 0.5) is 5.82 Å². The number of rotatable bonds is 7. The Labute approximate surface area is 133 Å². The van der Waals surface area contributed by atoms with Gasteiger partial charge in [-0.1, -0.05) is 6.92 Å². The van der Waals surface area contributed by atoms with Gasteiger partial charge in [0.1, 0.15) is 6.54 Å². The molecule has 0 fully saturated rings. The highest BCUT2D eigenvalue weighted by Crippen LogP contribution is 2.28. The number of carbonyl (C=O) groups is 3. The molecule has 8 heteroatoms. The van der Waals surface area contributed by atoms with Crippen molar-refractivity contribution in [3.8, 4) is 5.75 Å². The Hall–Kier alpha value is -2.64. The number of aromatic nitrogens is 1. The van der Waals surface area contributed by atoms with E-state index in [1.54, 1.807) is 12.1 Å². The van der Waals surface area contributed by atoms with E-state index >= 15 is 0 Å². The minimum absolute atomic E-state index is 0.121. The molecular formula is C15H19N3O5. The van der Waals surface area contributed by atoms with Crippen LogP contribution in [-0.4, -0.2) is 59.0 Å². The number of anilines is 1. The van der Waals surface area contributed by atoms with Gasteiger partial charge in [0.05, 0.1) is 6.42 Å². The molecule has 0 spiro atoms. The quantitative estimate of drug-likeness (QED) is 0.786. The largest absolute Gasteiger partial charge is 0.481 e. The van der Waals surface area contributed by atoms with Crippen LogP contribution in [0.3, 0.4) is 0 Å². The number of aliphatic carboxylic acids is 1. The third-order valence-electron chi connectivity index (χ3n) is 3.39. The molecule has 2 amide bonds. The predicted molar refractivity (Wildman–Crippen MR) is 81.2 cm³/mol. The van der Waals surface area contributed by atoms with Crippen molar-refractivity contribution in [2.75, 3.05) is 31.1 Å². The second-order valence-electron chi connectivity index (χ2n) is 5.12. The number of hydrogen-bond donors (Lipinski definition) is 1. The minimum atomic E-state index is -0.964. The molecule has 1 aliphatic rings. The second kappa shape index (κ2) is 7.57. The second-order valence-corrected chi connectivity index (χ2v) is 5.12. The van der Waals surface area contributed by atoms with Crippen LogP contribution in [0.15, 0.2) is 18.3 Å². The van der Waals surface area contributed by atoms with Crippen molar-refractivity contribution in [2.45, 2.75) is 19.8 Å². The maximum Gasteiger partial charge on any atom is 0.305 e. The van der Waals surface area contributed by atoms with Gasteiger partial charge in [0.25, 0.3) is 5.91 Å². The summed E-state index contributed by atoms with van der Waals surface area (Å²) in [5.74, 6) is -0.855. The van der Waals surface area contributed by atoms with Crippen molar-refractivity contribution in [1.82, 2.24) is 9.88 Å². The van der Waals surface area contributed by atoms with E-state index in [1.165, 1.54) is 16.0 Å². The molecule has 2 rings (SSSR count). The molecule has 2 heterocycles. The van der Waals surface area contributed by atoms with Crippen LogP contribution in [0.25, 0.3) is 0 Å². The molecule has 1 aromatic rings. The summed E-state index contributed by atoms with van der Waals surface area (Å²) in [6.45, 7) is 2.15. The van der Waals surface area contributed by atoms with Crippen molar-refractivity contribution in [1.29, 1.82) is 0 Å². The first-order valence-corrected chi connectivity index (χ1v) is 7.40. The van der Waals surface area contributed by atoms with Crippen LogP contribution in [-0.2, 0) is 14.4 Å². The fourth-order valence-electron chi connectivity index (χ4n) is 2.29. The standard InChI is InChI=1S/C15H19N3O5/c1-2-7-17(8-5-14(21)22)12(19)9-18-13(20)10-23-11-4-3-6-16-15(11)18/h3-4,6H,2,5,7-10H2,1H3,(H,21,22). The van der Waals surface area contributed by atoms with Crippen molar-refractivity contribution < 1.29 is 24.2 Å². The molecule has 0 radical (unpaired) electrons. The van der Waals surface area contributed by atoms with Gasteiger partial charge in [0, 0.05) is 19.3 Å². The summed E-state index contributed by atoms with van der Waals surface area (Å²) in [5.41, 5.74) is 0. The van der Waals surface area contributed by atoms with Crippen LogP contribution in [0.5, 0.6) is 5.75 Å². The Morgan fingerprint density at radius 1 is 1.43 bits per heavy atom. The molecule has 0 bridgehead atoms. The number of hydrogen-bond acceptors (Lipinski definition) is 5. The van der Waals surface area contributed by atoms with Crippen LogP contribution in [0.1, 0.15) is 19.8 Å². The van der Waals surface area contributed by atoms with Crippen molar-refractivity contribution >= 4 is 23.6 Å². The van der Waals surface area contributed by atoms with Gasteiger partial charge >= 0.3 is 5.97 Å². The number of amides is 2. The lowest BCUT2D eigenvalue weighted by atomic mass is 10.3. The summed E-state index contributed by atoms with van der Waals surface area (Å²) in [6.07, 6.45) is 2.10. The lowest BCUT2D eigenvalue weighted by Crippen LogP contribution is -2.47. The number of ether oxygens (including phenoxy) is 1. The molecule has 0 saturated carbocycles. The zero-order valence-electron chi connectivity index (χ0n) is 12.9. The van der Waals surface area contributed by atoms with Gasteiger partial charge in [-0.3, -0.25) is 19.3 Å². The van der Waals surface area contributed by atoms with Crippen molar-refractivity contribution in [3.63, 3.8) is 0 Å². The van der Waals surface area contributed by atoms with Gasteiger partial charge in [0.2, 0.25) is 5.91 Å². The predicted octanol–water partition coefficient (Wildman–Crippen LogP) is 0.520. The first kappa shape index (κ1) is 16.7. The van der Waals surface area contributed by atoms with Gasteiger partial charge < -0.3 is 14.7 Å². The molecule has 1 N–H and O–H groups in total. The molecule has 0 saturated heterocycles. The highest BCUT2D eigenvalue weighted by Gasteiger charge is 2.29. The summed E-state index contributed by atoms with van der Waals surface area (Å²) >= 11 is 0. The zero-order chi connectivity index (χ0) is 16.8. The fraction of sp³-hybridized carbons (Fsp3) is 0.467. The van der Waals surface area contributed by atoms with Crippen LogP contribution in [0, 0.1) is 0 Å². The number of carbonyl (C=O) groups excluding carboxylic acids is 2. The minimum Gasteiger partial charge on any atom is -0.481 e. The van der Waals surface area contributed by atoms with E-state index in [0.29, 0.717) is 24.5 Å². The lowest BCUT2D eigenvalue weighted by molar-refractivity contribution is -0.138. The van der Waals surface area contributed by atoms with E-state index < -0.39 is 5.97 Å². The summed E-state index contributed by atoms with van der Waals surface area (Å²) in [6, 6.07) is 3.37. The van der Waals surface area contributed by atoms with Crippen LogP contribution < -0.4 is 9.64 Å². The molecule has 8 nitrogen and oxygen atoms in total. The normalized spacial score (nSPS) is 13.3. The van der Waals surface area contributed by atoms with E-state index in [4.69, 9.17) is 9.84 Å². The van der Waals surface area contributed by atoms with E-state index in [9.17, 15) is 14.4 Å². The van der Waals surface area contributed by atoms with Crippen molar-refractivity contribution in [3.05, 3.63) is 18.3 Å². The topological polar surface area (TPSA) is 100 Å². The number of pyridine rings is 1. The van der Waals surface area contributed by atoms with E-state index in [0.717, 1.165) is 0 Å². The fourth-order valence-corrected chi connectivity index (χ4v) is 2.29. The highest BCUT2D eigenvalue weighted by atomic mass is 16.5. The zero-order valence-corrected chi connectivity index (χ0v) is 12.9. The van der Waals surface area contributed by atoms with Crippen molar-refractivity contribution in [2.24, 2.45) is 0 Å². The number of carboxylic acids is 1. The number of carboxylic acid groups (broad SMARTS) is 1. The Bertz CT molecular complexity index is 605. The molecular weight excluding hydrogens is 302 g/mol. The molecule has 1 aromatic heterocycles. The lowest BCUT2D eigenvalue weighted by Gasteiger charge is -2.30. The Morgan fingerprint density at radius 3 is 2.91 bits per heavy atom. The third-order valence-corrected chi connectivity index (χ3v) is 3.39. The van der Waals surface area contributed by atoms with E-state index in [1.807, 2.05) is 6.92 Å². The molecule has 0 atom stereocenters. The van der Waals surface area contributed by atoms with Gasteiger partial charge in [0.15, 0.2) is 18.2 Å². The third kappa shape index (κ3) is 4.18. The molecule has 0 aromatic carbocycles. The average molecular weight is 321 g/mol. The summed E-state index contributed by atoms with van der Waals surface area (Å²) in [5, 5.41) is 8.78. The smallest absolute Gasteiger partial charge is 0.305 e. The number of fused-ring (bicyclic) bond motifs is 1. The maximum absolute atomic E-state index is 12.4. The summed E-state index contributed by atoms with van der Waals surface area (Å²) < 4.78 is 5.28. The molecule has 1 aliphatic heterocycles. The molecule has 124 valence electrons. The SMILES string of the molecule is CCCN(CCC(=O)O)C(=O)CN1C(=O)COc2cccnc21. The maximum atomic E-state index is 12.4. The summed E-state index contributed by atoms with van der Waals surface area (Å²) in [4.78, 5) is 42.0. The van der Waals surface area contributed by atoms with Crippen LogP contribution >= 0.6 is 0 Å². The van der Waals surface area contributed by atoms with Gasteiger partial charge in [-0.15, -0.1) is 0 Å². The van der Waals surface area contributed by atoms with Gasteiger partial charge in [-0.05, 0) is 18.6 Å². The molecule has 0 unspecified atom stereocenters. The van der Waals surface area contributed by atoms with Gasteiger partial charge in [-0.2, -0.15) is 0 Å². The van der Waals surface area contributed by atoms with E-state index in [-0.39, 0.29) is 37.9 Å². The van der Waals surface area contributed by atoms with Crippen LogP contribution in [0.2, 0.25) is 0 Å². The molecule has 0 aliphatic carbocycles. The van der Waals surface area contributed by atoms with Gasteiger partial charge in [-0.25, -0.2) is 4.98 Å². The Kier molecular flexibility index (Phi) is 5.51. The Morgan fingerprint density at radius 2 is 2.22 bits per heavy atom. The Balaban J connectivity index is 2.11. The first-order chi connectivity index (χ1) is 11.0. The number of nitrogens with zero attached hydrogens (tertiary/aromatic N) is 3. The monoisotopic (exact) mass is 321 g/mol. The summed E-state index contributed by atoms with van der Waals surface area (Å²) in [7, 11) is 0. The highest BCUT2D eigenvalue weighted by molar-refractivity contribution is 6.01. The molecule has 23 heavy (non-hydrogen) atoms. The first-order valence-electron chi connectivity index (χ1n) is 7.40.